The standard InChI is InChI=1S/C81H78N4O.Pt/c1-52-43-74(82-50-66(52)55-37-40-68-69(45-55)81(13,14)42-41-80(68,11)12)85-72-36-24-32-61(53-25-16-15-17-26-53)75(72)63-39-38-60(49-73(63)85)86-59-30-23-29-58(48-59)83-51-84(71-35-21-20-34-70(71)83)76-64(54-27-22-28-56(44-54)77(2,3)4)46-57(78(5,6)7)47-65(76)62-31-18-19-33-67(62)79(8,9)10;/h15-40,43-47,50H,41-42H2,1-14H3;/q;+2/i1D3,37D,40D,45D;. The van der Waals surface area contributed by atoms with Gasteiger partial charge in [0.2, 0.25) is 5.69 Å². The fourth-order valence-electron chi connectivity index (χ4n) is 12.7. The number of fused-ring (bicyclic) bond motifs is 5. The first-order valence-electron chi connectivity index (χ1n) is 33.2. The molecule has 2 aliphatic rings. The molecule has 1 aliphatic heterocycles. The van der Waals surface area contributed by atoms with Gasteiger partial charge in [-0.05, 0) is 142 Å². The van der Waals surface area contributed by atoms with E-state index in [-0.39, 0.29) is 72.1 Å². The van der Waals surface area contributed by atoms with Gasteiger partial charge in [-0.3, -0.25) is 0 Å². The van der Waals surface area contributed by atoms with E-state index >= 15 is 0 Å². The molecule has 1 aliphatic carbocycles. The predicted molar refractivity (Wildman–Crippen MR) is 361 cm³/mol. The van der Waals surface area contributed by atoms with E-state index in [0.717, 1.165) is 79.6 Å². The molecule has 0 saturated carbocycles. The Balaban J connectivity index is 0.00000832. The van der Waals surface area contributed by atoms with E-state index in [1.54, 1.807) is 6.07 Å². The van der Waals surface area contributed by atoms with Crippen molar-refractivity contribution >= 4 is 50.6 Å². The zero-order chi connectivity index (χ0) is 65.4. The summed E-state index contributed by atoms with van der Waals surface area (Å²) in [6.45, 7) is 26.1. The number of para-hydroxylation sites is 2. The van der Waals surface area contributed by atoms with Crippen LogP contribution >= 0.6 is 0 Å². The molecule has 0 bridgehead atoms. The van der Waals surface area contributed by atoms with Crippen molar-refractivity contribution < 1.29 is 34.0 Å². The third-order valence-electron chi connectivity index (χ3n) is 17.7. The summed E-state index contributed by atoms with van der Waals surface area (Å²) >= 11 is 0. The van der Waals surface area contributed by atoms with Crippen LogP contribution in [0.1, 0.15) is 144 Å². The van der Waals surface area contributed by atoms with E-state index < -0.39 is 17.7 Å². The second-order valence-electron chi connectivity index (χ2n) is 27.9. The third-order valence-corrected chi connectivity index (χ3v) is 17.7. The predicted octanol–water partition coefficient (Wildman–Crippen LogP) is 21.6. The quantitative estimate of drug-likeness (QED) is 0.107. The number of hydrogen-bond donors (Lipinski definition) is 0. The van der Waals surface area contributed by atoms with E-state index in [0.29, 0.717) is 39.6 Å². The molecule has 0 fully saturated rings. The number of aromatic nitrogens is 2. The van der Waals surface area contributed by atoms with Crippen molar-refractivity contribution in [3.8, 4) is 61.8 Å². The maximum atomic E-state index is 9.79. The summed E-state index contributed by atoms with van der Waals surface area (Å²) in [4.78, 5) is 5.07. The molecular weight excluding hydrogens is 1240 g/mol. The fourth-order valence-corrected chi connectivity index (χ4v) is 12.7. The van der Waals surface area contributed by atoms with Gasteiger partial charge in [-0.1, -0.05) is 233 Å². The minimum atomic E-state index is -2.70. The molecule has 5 nitrogen and oxygen atoms in total. The summed E-state index contributed by atoms with van der Waals surface area (Å²) in [5.41, 5.74) is 15.3. The van der Waals surface area contributed by atoms with E-state index in [4.69, 9.17) is 13.8 Å². The number of nitrogens with zero attached hydrogens (tertiary/aromatic N) is 4. The van der Waals surface area contributed by atoms with Crippen molar-refractivity contribution in [2.75, 3.05) is 0 Å². The first-order valence-corrected chi connectivity index (χ1v) is 30.2. The van der Waals surface area contributed by atoms with Crippen LogP contribution in [0.3, 0.4) is 0 Å². The average Bonchev–Trinajstić information content (AvgIpc) is 1.47. The van der Waals surface area contributed by atoms with E-state index in [1.165, 1.54) is 22.9 Å². The number of aryl methyl sites for hydroxylation is 1. The van der Waals surface area contributed by atoms with Gasteiger partial charge < -0.3 is 9.30 Å². The van der Waals surface area contributed by atoms with Crippen LogP contribution in [-0.4, -0.2) is 15.6 Å². The van der Waals surface area contributed by atoms with Crippen molar-refractivity contribution in [1.82, 2.24) is 18.7 Å². The minimum absolute atomic E-state index is 0. The summed E-state index contributed by atoms with van der Waals surface area (Å²) in [5.74, 6) is 1.14. The Hall–Kier alpha value is -8.20. The molecule has 0 radical (unpaired) electrons. The van der Waals surface area contributed by atoms with Crippen LogP contribution in [0.5, 0.6) is 11.5 Å². The molecule has 0 unspecified atom stereocenters. The van der Waals surface area contributed by atoms with Crippen molar-refractivity contribution in [3.63, 3.8) is 0 Å². The van der Waals surface area contributed by atoms with Gasteiger partial charge in [0.25, 0.3) is 11.4 Å². The van der Waals surface area contributed by atoms with Crippen molar-refractivity contribution in [1.29, 1.82) is 0 Å². The van der Waals surface area contributed by atoms with Gasteiger partial charge in [0, 0.05) is 45.0 Å². The van der Waals surface area contributed by atoms with Gasteiger partial charge in [-0.15, -0.1) is 23.6 Å². The zero-order valence-corrected chi connectivity index (χ0v) is 54.4. The van der Waals surface area contributed by atoms with Crippen molar-refractivity contribution in [3.05, 3.63) is 240 Å². The van der Waals surface area contributed by atoms with Crippen LogP contribution in [-0.2, 0) is 48.1 Å². The summed E-state index contributed by atoms with van der Waals surface area (Å²) in [6, 6.07) is 69.7. The van der Waals surface area contributed by atoms with Gasteiger partial charge in [0.05, 0.1) is 15.2 Å². The minimum Gasteiger partial charge on any atom is -0.509 e. The summed E-state index contributed by atoms with van der Waals surface area (Å²) in [6.07, 6.45) is 3.07. The van der Waals surface area contributed by atoms with E-state index in [1.807, 2.05) is 65.2 Å². The third kappa shape index (κ3) is 10.8. The first kappa shape index (κ1) is 52.0. The molecule has 9 aromatic carbocycles. The Morgan fingerprint density at radius 1 is 0.563 bits per heavy atom. The summed E-state index contributed by atoms with van der Waals surface area (Å²) in [7, 11) is 0. The van der Waals surface area contributed by atoms with Crippen LogP contribution < -0.4 is 13.9 Å². The van der Waals surface area contributed by atoms with Gasteiger partial charge >= 0.3 is 27.1 Å². The summed E-state index contributed by atoms with van der Waals surface area (Å²) in [5, 5.41) is 1.76. The van der Waals surface area contributed by atoms with Crippen LogP contribution in [0, 0.1) is 19.0 Å². The number of benzene rings is 9. The average molecular weight is 1320 g/mol. The van der Waals surface area contributed by atoms with Crippen LogP contribution in [0.15, 0.2) is 194 Å². The van der Waals surface area contributed by atoms with Crippen molar-refractivity contribution in [2.45, 2.75) is 137 Å². The van der Waals surface area contributed by atoms with Gasteiger partial charge in [0.15, 0.2) is 0 Å². The fraction of sp³-hybridized carbons (Fsp3) is 0.259. The van der Waals surface area contributed by atoms with E-state index in [2.05, 4.69) is 220 Å². The molecule has 2 aromatic heterocycles. The van der Waals surface area contributed by atoms with Crippen LogP contribution in [0.2, 0.25) is 0 Å². The van der Waals surface area contributed by atoms with Crippen LogP contribution in [0.4, 0.5) is 22.7 Å². The molecule has 0 atom stereocenters. The van der Waals surface area contributed by atoms with Gasteiger partial charge in [0.1, 0.15) is 11.5 Å². The SMILES string of the molecule is [2H]c1c([2H])c2c(c([2H])c1-c1cnc(-n3c4[c-]c(Oc5[c-]c([N+]6=C=[N+](c7c(-c8cccc(C(C)(C)C)c8)cc(C(C)(C)C)cc7-c7ccccc7C(C)(C)C)c7ccccc76)ccc5)ccc4c4c(-c5ccccc5)cccc43)cc1C([2H])([2H])[2H])C(C)(C)CCC2(C)C.[Pt+2]. The topological polar surface area (TPSA) is 33.1 Å². The number of hydrogen-bond acceptors (Lipinski definition) is 2. The van der Waals surface area contributed by atoms with Crippen LogP contribution in [0.25, 0.3) is 72.1 Å². The molecule has 0 amide bonds. The molecule has 87 heavy (non-hydrogen) atoms. The Kier molecular flexibility index (Phi) is 13.1. The Labute approximate surface area is 538 Å². The van der Waals surface area contributed by atoms with E-state index in [9.17, 15) is 4.11 Å². The number of rotatable bonds is 9. The monoisotopic (exact) mass is 1320 g/mol. The Bertz CT molecular complexity index is 4910. The molecule has 0 N–H and O–H groups in total. The number of ether oxygens (including phenoxy) is 1. The maximum absolute atomic E-state index is 9.79. The molecule has 0 saturated heterocycles. The number of pyridine rings is 1. The second kappa shape index (κ2) is 21.9. The first-order chi connectivity index (χ1) is 43.4. The molecule has 3 heterocycles. The Morgan fingerprint density at radius 2 is 1.21 bits per heavy atom. The maximum Gasteiger partial charge on any atom is 2.00 e. The molecular formula is C81H78N4OPt+2. The zero-order valence-electron chi connectivity index (χ0n) is 58.2. The molecule has 6 heteroatoms. The molecule has 13 rings (SSSR count). The Morgan fingerprint density at radius 3 is 1.94 bits per heavy atom. The largest absolute Gasteiger partial charge is 2.00 e. The van der Waals surface area contributed by atoms with Gasteiger partial charge in [-0.2, -0.15) is 12.1 Å². The van der Waals surface area contributed by atoms with Crippen molar-refractivity contribution in [2.24, 2.45) is 0 Å². The molecule has 11 aromatic rings. The molecule has 436 valence electrons. The van der Waals surface area contributed by atoms with Gasteiger partial charge in [-0.25, -0.2) is 4.98 Å². The normalized spacial score (nSPS) is 15.6. The molecule has 0 spiro atoms. The second-order valence-corrected chi connectivity index (χ2v) is 27.9. The summed E-state index contributed by atoms with van der Waals surface area (Å²) < 4.78 is 69.0. The smallest absolute Gasteiger partial charge is 0.509 e.